The van der Waals surface area contributed by atoms with E-state index in [4.69, 9.17) is 4.74 Å². The molecule has 1 aromatic rings. The van der Waals surface area contributed by atoms with Crippen molar-refractivity contribution in [2.45, 2.75) is 13.7 Å². The molecule has 11 heavy (non-hydrogen) atoms. The standard InChI is InChI=1S/C7H10N2O2/c1-6-3-9(5-11-2)8-7(6)4-10/h3-4H,5H2,1-2H3. The Morgan fingerprint density at radius 3 is 3.00 bits per heavy atom. The highest BCUT2D eigenvalue weighted by molar-refractivity contribution is 5.73. The van der Waals surface area contributed by atoms with E-state index in [2.05, 4.69) is 5.10 Å². The number of ether oxygens (including phenoxy) is 1. The van der Waals surface area contributed by atoms with Crippen LogP contribution >= 0.6 is 0 Å². The first-order valence-corrected chi connectivity index (χ1v) is 3.26. The Morgan fingerprint density at radius 2 is 2.55 bits per heavy atom. The van der Waals surface area contributed by atoms with Crippen molar-refractivity contribution in [3.8, 4) is 0 Å². The SMILES string of the molecule is COCn1cc(C)c(C=O)n1. The molecule has 0 fully saturated rings. The Bertz CT molecular complexity index is 255. The number of hydrogen-bond acceptors (Lipinski definition) is 3. The molecule has 0 aromatic carbocycles. The lowest BCUT2D eigenvalue weighted by Crippen LogP contribution is -2.00. The molecule has 0 radical (unpaired) electrons. The maximum Gasteiger partial charge on any atom is 0.170 e. The van der Waals surface area contributed by atoms with Crippen molar-refractivity contribution in [2.75, 3.05) is 7.11 Å². The van der Waals surface area contributed by atoms with Crippen LogP contribution in [0.5, 0.6) is 0 Å². The predicted octanol–water partition coefficient (Wildman–Crippen LogP) is 0.608. The molecule has 0 unspecified atom stereocenters. The van der Waals surface area contributed by atoms with Crippen LogP contribution in [0.1, 0.15) is 16.1 Å². The molecule has 1 aromatic heterocycles. The van der Waals surface area contributed by atoms with Crippen molar-refractivity contribution in [3.63, 3.8) is 0 Å². The quantitative estimate of drug-likeness (QED) is 0.599. The third-order valence-electron chi connectivity index (χ3n) is 1.36. The van der Waals surface area contributed by atoms with Crippen molar-refractivity contribution >= 4 is 6.29 Å². The van der Waals surface area contributed by atoms with Gasteiger partial charge < -0.3 is 4.74 Å². The first kappa shape index (κ1) is 7.94. The average Bonchev–Trinajstić information content (AvgIpc) is 2.32. The van der Waals surface area contributed by atoms with Gasteiger partial charge in [0.25, 0.3) is 0 Å². The number of aldehydes is 1. The number of aromatic nitrogens is 2. The van der Waals surface area contributed by atoms with Gasteiger partial charge in [0, 0.05) is 13.3 Å². The number of carbonyl (C=O) groups is 1. The summed E-state index contributed by atoms with van der Waals surface area (Å²) in [7, 11) is 1.58. The summed E-state index contributed by atoms with van der Waals surface area (Å²) in [5, 5.41) is 3.94. The molecule has 1 heterocycles. The fourth-order valence-electron chi connectivity index (χ4n) is 0.851. The summed E-state index contributed by atoms with van der Waals surface area (Å²) < 4.78 is 6.41. The minimum absolute atomic E-state index is 0.384. The van der Waals surface area contributed by atoms with Crippen LogP contribution in [0.4, 0.5) is 0 Å². The lowest BCUT2D eigenvalue weighted by molar-refractivity contribution is 0.110. The van der Waals surface area contributed by atoms with Crippen LogP contribution in [0.3, 0.4) is 0 Å². The largest absolute Gasteiger partial charge is 0.362 e. The summed E-state index contributed by atoms with van der Waals surface area (Å²) in [6, 6.07) is 0. The number of carbonyl (C=O) groups excluding carboxylic acids is 1. The van der Waals surface area contributed by atoms with Crippen LogP contribution in [0.2, 0.25) is 0 Å². The lowest BCUT2D eigenvalue weighted by Gasteiger charge is -1.95. The molecule has 0 atom stereocenters. The van der Waals surface area contributed by atoms with Crippen molar-refractivity contribution in [1.82, 2.24) is 9.78 Å². The molecule has 0 aliphatic carbocycles. The van der Waals surface area contributed by atoms with Gasteiger partial charge >= 0.3 is 0 Å². The maximum absolute atomic E-state index is 10.3. The third kappa shape index (κ3) is 1.65. The van der Waals surface area contributed by atoms with Crippen LogP contribution in [-0.2, 0) is 11.5 Å². The van der Waals surface area contributed by atoms with Gasteiger partial charge in [-0.25, -0.2) is 4.68 Å². The fourth-order valence-corrected chi connectivity index (χ4v) is 0.851. The zero-order valence-corrected chi connectivity index (χ0v) is 6.57. The molecule has 0 bridgehead atoms. The van der Waals surface area contributed by atoms with Gasteiger partial charge in [0.05, 0.1) is 0 Å². The number of hydrogen-bond donors (Lipinski definition) is 0. The molecule has 0 saturated carbocycles. The molecule has 0 aliphatic heterocycles. The number of methoxy groups -OCH3 is 1. The monoisotopic (exact) mass is 154 g/mol. The summed E-state index contributed by atoms with van der Waals surface area (Å²) in [5.41, 5.74) is 1.35. The number of rotatable bonds is 3. The van der Waals surface area contributed by atoms with Gasteiger partial charge in [-0.05, 0) is 12.5 Å². The Kier molecular flexibility index (Phi) is 2.38. The van der Waals surface area contributed by atoms with E-state index in [0.717, 1.165) is 11.8 Å². The van der Waals surface area contributed by atoms with E-state index in [-0.39, 0.29) is 0 Å². The Hall–Kier alpha value is -1.16. The zero-order valence-electron chi connectivity index (χ0n) is 6.57. The second-order valence-electron chi connectivity index (χ2n) is 2.27. The Balaban J connectivity index is 2.86. The number of aryl methyl sites for hydroxylation is 1. The van der Waals surface area contributed by atoms with Gasteiger partial charge in [0.1, 0.15) is 12.4 Å². The van der Waals surface area contributed by atoms with Gasteiger partial charge in [-0.3, -0.25) is 4.79 Å². The lowest BCUT2D eigenvalue weighted by atomic mass is 10.3. The molecule has 0 aliphatic rings. The predicted molar refractivity (Wildman–Crippen MR) is 39.4 cm³/mol. The Labute approximate surface area is 64.8 Å². The van der Waals surface area contributed by atoms with Crippen LogP contribution in [0, 0.1) is 6.92 Å². The molecule has 1 rings (SSSR count). The molecule has 0 spiro atoms. The second-order valence-corrected chi connectivity index (χ2v) is 2.27. The van der Waals surface area contributed by atoms with Gasteiger partial charge in [-0.2, -0.15) is 5.10 Å². The molecule has 0 saturated heterocycles. The van der Waals surface area contributed by atoms with Crippen LogP contribution < -0.4 is 0 Å². The molecule has 60 valence electrons. The molecule has 4 nitrogen and oxygen atoms in total. The zero-order chi connectivity index (χ0) is 8.27. The summed E-state index contributed by atoms with van der Waals surface area (Å²) in [6.45, 7) is 2.22. The van der Waals surface area contributed by atoms with E-state index >= 15 is 0 Å². The van der Waals surface area contributed by atoms with Crippen molar-refractivity contribution < 1.29 is 9.53 Å². The minimum atomic E-state index is 0.384. The van der Waals surface area contributed by atoms with Gasteiger partial charge in [-0.1, -0.05) is 0 Å². The summed E-state index contributed by atoms with van der Waals surface area (Å²) >= 11 is 0. The van der Waals surface area contributed by atoms with Crippen LogP contribution in [-0.4, -0.2) is 23.2 Å². The second kappa shape index (κ2) is 3.30. The van der Waals surface area contributed by atoms with Gasteiger partial charge in [-0.15, -0.1) is 0 Å². The average molecular weight is 154 g/mol. The molecular formula is C7H10N2O2. The van der Waals surface area contributed by atoms with E-state index in [1.165, 1.54) is 0 Å². The van der Waals surface area contributed by atoms with Crippen LogP contribution in [0.15, 0.2) is 6.20 Å². The van der Waals surface area contributed by atoms with E-state index in [1.54, 1.807) is 18.0 Å². The normalized spacial score (nSPS) is 10.0. The Morgan fingerprint density at radius 1 is 1.82 bits per heavy atom. The van der Waals surface area contributed by atoms with Crippen molar-refractivity contribution in [1.29, 1.82) is 0 Å². The fraction of sp³-hybridized carbons (Fsp3) is 0.429. The first-order valence-electron chi connectivity index (χ1n) is 3.26. The topological polar surface area (TPSA) is 44.1 Å². The third-order valence-corrected chi connectivity index (χ3v) is 1.36. The molecule has 0 N–H and O–H groups in total. The van der Waals surface area contributed by atoms with Crippen molar-refractivity contribution in [3.05, 3.63) is 17.5 Å². The maximum atomic E-state index is 10.3. The van der Waals surface area contributed by atoms with Gasteiger partial charge in [0.15, 0.2) is 6.29 Å². The highest BCUT2D eigenvalue weighted by Crippen LogP contribution is 2.01. The summed E-state index contributed by atoms with van der Waals surface area (Å²) in [5.74, 6) is 0. The highest BCUT2D eigenvalue weighted by atomic mass is 16.5. The van der Waals surface area contributed by atoms with E-state index in [9.17, 15) is 4.79 Å². The van der Waals surface area contributed by atoms with E-state index in [1.807, 2.05) is 6.92 Å². The smallest absolute Gasteiger partial charge is 0.170 e. The highest BCUT2D eigenvalue weighted by Gasteiger charge is 2.01. The van der Waals surface area contributed by atoms with Gasteiger partial charge in [0.2, 0.25) is 0 Å². The minimum Gasteiger partial charge on any atom is -0.362 e. The molecule has 4 heteroatoms. The molecular weight excluding hydrogens is 144 g/mol. The first-order chi connectivity index (χ1) is 5.27. The van der Waals surface area contributed by atoms with E-state index in [0.29, 0.717) is 12.4 Å². The summed E-state index contributed by atoms with van der Waals surface area (Å²) in [4.78, 5) is 10.3. The van der Waals surface area contributed by atoms with E-state index < -0.39 is 0 Å². The summed E-state index contributed by atoms with van der Waals surface area (Å²) in [6.07, 6.45) is 2.51. The molecule has 0 amide bonds. The number of nitrogens with zero attached hydrogens (tertiary/aromatic N) is 2. The van der Waals surface area contributed by atoms with Crippen molar-refractivity contribution in [2.24, 2.45) is 0 Å². The van der Waals surface area contributed by atoms with Crippen LogP contribution in [0.25, 0.3) is 0 Å².